The average Bonchev–Trinajstić information content (AvgIpc) is 2.34. The highest BCUT2D eigenvalue weighted by Gasteiger charge is 2.39. The molecule has 1 heterocycles. The Hall–Kier alpha value is -1.46. The van der Waals surface area contributed by atoms with Crippen LogP contribution < -0.4 is 11.5 Å². The lowest BCUT2D eigenvalue weighted by Crippen LogP contribution is -2.41. The van der Waals surface area contributed by atoms with E-state index in [-0.39, 0.29) is 11.8 Å². The number of carbonyl (C=O) groups excluding carboxylic acids is 2. The van der Waals surface area contributed by atoms with Crippen LogP contribution in [0.25, 0.3) is 0 Å². The fourth-order valence-electron chi connectivity index (χ4n) is 1.61. The summed E-state index contributed by atoms with van der Waals surface area (Å²) in [5, 5.41) is 0. The van der Waals surface area contributed by atoms with Gasteiger partial charge >= 0.3 is 0 Å². The number of hydrogen-bond donors (Lipinski definition) is 2. The Morgan fingerprint density at radius 1 is 1.07 bits per heavy atom. The second-order valence-corrected chi connectivity index (χ2v) is 3.48. The van der Waals surface area contributed by atoms with Crippen molar-refractivity contribution in [1.29, 1.82) is 0 Å². The van der Waals surface area contributed by atoms with Gasteiger partial charge in [-0.25, -0.2) is 0 Å². The monoisotopic (exact) mass is 193 g/mol. The highest BCUT2D eigenvalue weighted by Crippen LogP contribution is 2.27. The summed E-state index contributed by atoms with van der Waals surface area (Å²) in [5.74, 6) is -0.604. The van der Waals surface area contributed by atoms with Gasteiger partial charge in [0.25, 0.3) is 11.8 Å². The van der Waals surface area contributed by atoms with E-state index in [1.54, 1.807) is 12.2 Å². The molecule has 2 unspecified atom stereocenters. The van der Waals surface area contributed by atoms with E-state index in [1.807, 2.05) is 0 Å². The maximum atomic E-state index is 11.5. The molecule has 4 N–H and O–H groups in total. The normalized spacial score (nSPS) is 31.5. The first-order valence-electron chi connectivity index (χ1n) is 4.30. The van der Waals surface area contributed by atoms with Gasteiger partial charge in [0.1, 0.15) is 0 Å². The van der Waals surface area contributed by atoms with E-state index in [4.69, 9.17) is 11.5 Å². The molecule has 2 atom stereocenters. The molecule has 2 amide bonds. The number of imide groups is 1. The van der Waals surface area contributed by atoms with Crippen molar-refractivity contribution in [3.05, 3.63) is 23.3 Å². The number of rotatable bonds is 0. The number of carbonyl (C=O) groups is 2. The summed E-state index contributed by atoms with van der Waals surface area (Å²) in [5.41, 5.74) is 12.1. The molecule has 0 spiro atoms. The molecule has 0 aromatic carbocycles. The van der Waals surface area contributed by atoms with Crippen LogP contribution in [0.15, 0.2) is 23.3 Å². The quantitative estimate of drug-likeness (QED) is 0.458. The molecule has 0 aromatic heterocycles. The Morgan fingerprint density at radius 2 is 1.43 bits per heavy atom. The van der Waals surface area contributed by atoms with Gasteiger partial charge in [0.2, 0.25) is 0 Å². The molecule has 74 valence electrons. The van der Waals surface area contributed by atoms with Crippen LogP contribution in [0.4, 0.5) is 0 Å². The number of amides is 2. The lowest BCUT2D eigenvalue weighted by atomic mass is 9.94. The van der Waals surface area contributed by atoms with E-state index in [9.17, 15) is 9.59 Å². The van der Waals surface area contributed by atoms with Gasteiger partial charge in [-0.2, -0.15) is 0 Å². The van der Waals surface area contributed by atoms with Crippen molar-refractivity contribution in [1.82, 2.24) is 4.90 Å². The molecule has 1 aliphatic carbocycles. The molecule has 14 heavy (non-hydrogen) atoms. The second-order valence-electron chi connectivity index (χ2n) is 3.48. The summed E-state index contributed by atoms with van der Waals surface area (Å²) in [6.45, 7) is 0. The highest BCUT2D eigenvalue weighted by molar-refractivity contribution is 6.24. The Morgan fingerprint density at radius 3 is 1.79 bits per heavy atom. The average molecular weight is 193 g/mol. The molecule has 2 rings (SSSR count). The standard InChI is InChI=1S/C9H11N3O2/c1-12-8(13)4-2-6(10)7(11)3-5(4)9(12)14/h2-3,6-7H,10-11H2,1H3. The molecular formula is C9H11N3O2. The van der Waals surface area contributed by atoms with Crippen LogP contribution in [-0.2, 0) is 9.59 Å². The van der Waals surface area contributed by atoms with Gasteiger partial charge in [-0.3, -0.25) is 14.5 Å². The van der Waals surface area contributed by atoms with Crippen LogP contribution in [-0.4, -0.2) is 35.8 Å². The van der Waals surface area contributed by atoms with Gasteiger partial charge in [0, 0.05) is 19.1 Å². The number of nitrogens with two attached hydrogens (primary N) is 2. The first-order valence-corrected chi connectivity index (χ1v) is 4.30. The Bertz CT molecular complexity index is 348. The van der Waals surface area contributed by atoms with Crippen molar-refractivity contribution < 1.29 is 9.59 Å². The molecule has 0 radical (unpaired) electrons. The largest absolute Gasteiger partial charge is 0.323 e. The Kier molecular flexibility index (Phi) is 1.80. The molecule has 2 aliphatic rings. The number of hydrogen-bond acceptors (Lipinski definition) is 4. The summed E-state index contributed by atoms with van der Waals surface area (Å²) < 4.78 is 0. The third-order valence-corrected chi connectivity index (χ3v) is 2.52. The molecule has 0 aromatic rings. The maximum Gasteiger partial charge on any atom is 0.261 e. The van der Waals surface area contributed by atoms with Crippen LogP contribution in [0.5, 0.6) is 0 Å². The number of nitrogens with zero attached hydrogens (tertiary/aromatic N) is 1. The second kappa shape index (κ2) is 2.76. The topological polar surface area (TPSA) is 89.4 Å². The van der Waals surface area contributed by atoms with Crippen molar-refractivity contribution in [3.63, 3.8) is 0 Å². The molecule has 0 bridgehead atoms. The Labute approximate surface area is 81.0 Å². The summed E-state index contributed by atoms with van der Waals surface area (Å²) in [6.07, 6.45) is 3.12. The lowest BCUT2D eigenvalue weighted by molar-refractivity contribution is -0.134. The Balaban J connectivity index is 2.50. The number of likely N-dealkylation sites (tertiary alicyclic amines) is 1. The predicted octanol–water partition coefficient (Wildman–Crippen LogP) is -1.49. The van der Waals surface area contributed by atoms with Gasteiger partial charge in [0.05, 0.1) is 11.1 Å². The molecule has 1 saturated heterocycles. The van der Waals surface area contributed by atoms with Gasteiger partial charge in [-0.15, -0.1) is 0 Å². The minimum Gasteiger partial charge on any atom is -0.323 e. The van der Waals surface area contributed by atoms with Crippen molar-refractivity contribution >= 4 is 11.8 Å². The van der Waals surface area contributed by atoms with Crippen LogP contribution in [0.2, 0.25) is 0 Å². The summed E-state index contributed by atoms with van der Waals surface area (Å²) in [7, 11) is 1.45. The van der Waals surface area contributed by atoms with Gasteiger partial charge < -0.3 is 11.5 Å². The zero-order valence-electron chi connectivity index (χ0n) is 7.73. The minimum atomic E-state index is -0.392. The molecular weight excluding hydrogens is 182 g/mol. The zero-order chi connectivity index (χ0) is 10.5. The predicted molar refractivity (Wildman–Crippen MR) is 49.9 cm³/mol. The lowest BCUT2D eigenvalue weighted by Gasteiger charge is -2.18. The molecule has 5 heteroatoms. The number of fused-ring (bicyclic) bond motifs is 1. The van der Waals surface area contributed by atoms with E-state index >= 15 is 0 Å². The molecule has 5 nitrogen and oxygen atoms in total. The van der Waals surface area contributed by atoms with Gasteiger partial charge in [-0.05, 0) is 0 Å². The molecule has 1 fully saturated rings. The fraction of sp³-hybridized carbons (Fsp3) is 0.333. The van der Waals surface area contributed by atoms with E-state index in [0.717, 1.165) is 4.90 Å². The zero-order valence-corrected chi connectivity index (χ0v) is 7.73. The van der Waals surface area contributed by atoms with Crippen molar-refractivity contribution in [2.75, 3.05) is 7.05 Å². The molecule has 0 saturated carbocycles. The third-order valence-electron chi connectivity index (χ3n) is 2.52. The SMILES string of the molecule is CN1C(=O)C2=CC(N)C(N)C=C2C1=O. The van der Waals surface area contributed by atoms with E-state index < -0.39 is 12.1 Å². The smallest absolute Gasteiger partial charge is 0.261 e. The van der Waals surface area contributed by atoms with E-state index in [1.165, 1.54) is 7.05 Å². The minimum absolute atomic E-state index is 0.302. The van der Waals surface area contributed by atoms with Crippen LogP contribution >= 0.6 is 0 Å². The van der Waals surface area contributed by atoms with Crippen molar-refractivity contribution in [2.45, 2.75) is 12.1 Å². The first-order chi connectivity index (χ1) is 6.52. The van der Waals surface area contributed by atoms with Gasteiger partial charge in [-0.1, -0.05) is 12.2 Å². The summed E-state index contributed by atoms with van der Waals surface area (Å²) in [4.78, 5) is 24.1. The summed E-state index contributed by atoms with van der Waals surface area (Å²) in [6, 6.07) is -0.783. The van der Waals surface area contributed by atoms with Crippen molar-refractivity contribution in [3.8, 4) is 0 Å². The third kappa shape index (κ3) is 1.03. The first kappa shape index (κ1) is 9.11. The van der Waals surface area contributed by atoms with Gasteiger partial charge in [0.15, 0.2) is 0 Å². The van der Waals surface area contributed by atoms with Crippen LogP contribution in [0, 0.1) is 0 Å². The maximum absolute atomic E-state index is 11.5. The van der Waals surface area contributed by atoms with Crippen molar-refractivity contribution in [2.24, 2.45) is 11.5 Å². The van der Waals surface area contributed by atoms with Crippen LogP contribution in [0.3, 0.4) is 0 Å². The molecule has 1 aliphatic heterocycles. The van der Waals surface area contributed by atoms with E-state index in [0.29, 0.717) is 11.1 Å². The fourth-order valence-corrected chi connectivity index (χ4v) is 1.61. The number of likely N-dealkylation sites (N-methyl/N-ethyl adjacent to an activating group) is 1. The van der Waals surface area contributed by atoms with Crippen LogP contribution in [0.1, 0.15) is 0 Å². The van der Waals surface area contributed by atoms with E-state index in [2.05, 4.69) is 0 Å². The highest BCUT2D eigenvalue weighted by atomic mass is 16.2. The summed E-state index contributed by atoms with van der Waals surface area (Å²) >= 11 is 0.